The summed E-state index contributed by atoms with van der Waals surface area (Å²) in [7, 11) is -1.60. The molecule has 208 valence electrons. The Hall–Kier alpha value is -3.19. The number of hydrogen-bond donors (Lipinski definition) is 1. The third kappa shape index (κ3) is 5.33. The average molecular weight is 555 g/mol. The third-order valence-corrected chi connectivity index (χ3v) is 9.82. The summed E-state index contributed by atoms with van der Waals surface area (Å²) in [5.41, 5.74) is 2.38. The van der Waals surface area contributed by atoms with Crippen LogP contribution in [0.3, 0.4) is 0 Å². The number of hydrogen-bond acceptors (Lipinski definition) is 10. The molecule has 0 amide bonds. The van der Waals surface area contributed by atoms with E-state index in [9.17, 15) is 13.2 Å². The molecule has 6 rings (SSSR count). The number of nitrogens with one attached hydrogen (secondary N) is 1. The summed E-state index contributed by atoms with van der Waals surface area (Å²) < 4.78 is 33.2. The van der Waals surface area contributed by atoms with Gasteiger partial charge in [0.15, 0.2) is 17.3 Å². The van der Waals surface area contributed by atoms with E-state index in [0.717, 1.165) is 44.2 Å². The Balaban J connectivity index is 1.29. The fourth-order valence-electron chi connectivity index (χ4n) is 5.23. The zero-order valence-electron chi connectivity index (χ0n) is 22.3. The summed E-state index contributed by atoms with van der Waals surface area (Å²) >= 11 is 0. The SMILES string of the molecule is CCS(=O)(=O)N1CCC(CNc2nc3cnc(-c4c(OC)ncnc4C4CC4)nc3n(CC3CC3)c2=O)CC1. The van der Waals surface area contributed by atoms with Crippen LogP contribution in [0.2, 0.25) is 0 Å². The standard InChI is InChI=1S/C26H34N8O4S/c1-3-39(36,37)33-10-8-16(9-11-33)12-27-23-26(35)34(14-17-4-5-17)24-19(31-23)13-28-22(32-24)20-21(18-6-7-18)29-15-30-25(20)38-2/h13,15-18H,3-12,14H2,1-2H3,(H,27,31). The maximum Gasteiger partial charge on any atom is 0.294 e. The van der Waals surface area contributed by atoms with Crippen molar-refractivity contribution in [1.82, 2.24) is 33.8 Å². The highest BCUT2D eigenvalue weighted by molar-refractivity contribution is 7.89. The van der Waals surface area contributed by atoms with Gasteiger partial charge < -0.3 is 10.1 Å². The molecule has 3 aromatic rings. The van der Waals surface area contributed by atoms with Gasteiger partial charge in [-0.2, -0.15) is 0 Å². The molecule has 39 heavy (non-hydrogen) atoms. The molecule has 0 unspecified atom stereocenters. The van der Waals surface area contributed by atoms with Gasteiger partial charge in [0, 0.05) is 32.1 Å². The van der Waals surface area contributed by atoms with Gasteiger partial charge in [0.25, 0.3) is 5.56 Å². The average Bonchev–Trinajstić information content (AvgIpc) is 3.88. The number of piperidine rings is 1. The van der Waals surface area contributed by atoms with Crippen molar-refractivity contribution < 1.29 is 13.2 Å². The summed E-state index contributed by atoms with van der Waals surface area (Å²) in [5, 5.41) is 3.27. The Kier molecular flexibility index (Phi) is 6.96. The predicted octanol–water partition coefficient (Wildman–Crippen LogP) is 2.41. The summed E-state index contributed by atoms with van der Waals surface area (Å²) in [6.45, 7) is 3.81. The van der Waals surface area contributed by atoms with Crippen LogP contribution >= 0.6 is 0 Å². The lowest BCUT2D eigenvalue weighted by molar-refractivity contribution is 0.282. The van der Waals surface area contributed by atoms with Crippen molar-refractivity contribution in [2.24, 2.45) is 11.8 Å². The number of aromatic nitrogens is 6. The van der Waals surface area contributed by atoms with Gasteiger partial charge in [0.05, 0.1) is 24.8 Å². The van der Waals surface area contributed by atoms with Crippen LogP contribution in [0.1, 0.15) is 57.1 Å². The molecular weight excluding hydrogens is 520 g/mol. The minimum atomic E-state index is -3.17. The van der Waals surface area contributed by atoms with Crippen LogP contribution < -0.4 is 15.6 Å². The molecule has 2 saturated carbocycles. The van der Waals surface area contributed by atoms with Gasteiger partial charge in [-0.15, -0.1) is 0 Å². The molecule has 2 aliphatic carbocycles. The lowest BCUT2D eigenvalue weighted by atomic mass is 9.98. The second kappa shape index (κ2) is 10.4. The number of methoxy groups -OCH3 is 1. The first-order chi connectivity index (χ1) is 18.9. The maximum absolute atomic E-state index is 13.6. The Bertz CT molecular complexity index is 1540. The van der Waals surface area contributed by atoms with E-state index in [2.05, 4.69) is 25.3 Å². The highest BCUT2D eigenvalue weighted by Crippen LogP contribution is 2.44. The summed E-state index contributed by atoms with van der Waals surface area (Å²) in [5.74, 6) is 2.29. The molecule has 1 N–H and O–H groups in total. The maximum atomic E-state index is 13.6. The van der Waals surface area contributed by atoms with Crippen molar-refractivity contribution in [3.8, 4) is 17.3 Å². The molecule has 1 aliphatic heterocycles. The molecule has 1 saturated heterocycles. The molecule has 3 aromatic heterocycles. The van der Waals surface area contributed by atoms with Gasteiger partial charge in [-0.1, -0.05) is 0 Å². The van der Waals surface area contributed by atoms with Crippen molar-refractivity contribution >= 4 is 27.0 Å². The van der Waals surface area contributed by atoms with Gasteiger partial charge in [-0.3, -0.25) is 9.36 Å². The molecule has 0 bridgehead atoms. The number of fused-ring (bicyclic) bond motifs is 1. The molecule has 0 aromatic carbocycles. The topological polar surface area (TPSA) is 145 Å². The van der Waals surface area contributed by atoms with Crippen molar-refractivity contribution in [3.05, 3.63) is 28.6 Å². The van der Waals surface area contributed by atoms with E-state index >= 15 is 0 Å². The normalized spacial score (nSPS) is 18.9. The van der Waals surface area contributed by atoms with E-state index in [1.807, 2.05) is 0 Å². The second-order valence-corrected chi connectivity index (χ2v) is 13.0. The highest BCUT2D eigenvalue weighted by Gasteiger charge is 2.32. The van der Waals surface area contributed by atoms with E-state index in [1.165, 1.54) is 6.33 Å². The van der Waals surface area contributed by atoms with Crippen LogP contribution in [-0.2, 0) is 16.6 Å². The Morgan fingerprint density at radius 2 is 1.79 bits per heavy atom. The van der Waals surface area contributed by atoms with Gasteiger partial charge in [0.1, 0.15) is 17.4 Å². The van der Waals surface area contributed by atoms with Gasteiger partial charge in [-0.05, 0) is 57.3 Å². The summed E-state index contributed by atoms with van der Waals surface area (Å²) in [6, 6.07) is 0. The summed E-state index contributed by atoms with van der Waals surface area (Å²) in [6.07, 6.45) is 8.92. The third-order valence-electron chi connectivity index (χ3n) is 7.94. The van der Waals surface area contributed by atoms with Crippen LogP contribution in [0.4, 0.5) is 5.82 Å². The molecule has 3 aliphatic rings. The van der Waals surface area contributed by atoms with Crippen LogP contribution in [0.25, 0.3) is 22.6 Å². The Morgan fingerprint density at radius 3 is 2.46 bits per heavy atom. The van der Waals surface area contributed by atoms with E-state index in [4.69, 9.17) is 9.72 Å². The molecule has 0 spiro atoms. The van der Waals surface area contributed by atoms with Crippen LogP contribution in [0.15, 0.2) is 17.3 Å². The van der Waals surface area contributed by atoms with Gasteiger partial charge in [-0.25, -0.2) is 37.6 Å². The zero-order valence-corrected chi connectivity index (χ0v) is 23.2. The van der Waals surface area contributed by atoms with Crippen molar-refractivity contribution in [3.63, 3.8) is 0 Å². The number of anilines is 1. The number of sulfonamides is 1. The molecule has 4 heterocycles. The first-order valence-electron chi connectivity index (χ1n) is 13.8. The van der Waals surface area contributed by atoms with Crippen molar-refractivity contribution in [1.29, 1.82) is 0 Å². The predicted molar refractivity (Wildman–Crippen MR) is 146 cm³/mol. The van der Waals surface area contributed by atoms with Crippen molar-refractivity contribution in [2.75, 3.05) is 37.8 Å². The summed E-state index contributed by atoms with van der Waals surface area (Å²) in [4.78, 5) is 36.5. The molecular formula is C26H34N8O4S. The Morgan fingerprint density at radius 1 is 1.03 bits per heavy atom. The first kappa shape index (κ1) is 26.1. The van der Waals surface area contributed by atoms with E-state index in [-0.39, 0.29) is 23.0 Å². The zero-order chi connectivity index (χ0) is 27.1. The number of rotatable bonds is 10. The lowest BCUT2D eigenvalue weighted by Gasteiger charge is -2.31. The molecule has 13 heteroatoms. The smallest absolute Gasteiger partial charge is 0.294 e. The van der Waals surface area contributed by atoms with Gasteiger partial charge >= 0.3 is 0 Å². The van der Waals surface area contributed by atoms with Crippen LogP contribution in [-0.4, -0.2) is 74.7 Å². The minimum absolute atomic E-state index is 0.118. The number of ether oxygens (including phenoxy) is 1. The largest absolute Gasteiger partial charge is 0.480 e. The molecule has 12 nitrogen and oxygen atoms in total. The number of nitrogens with zero attached hydrogens (tertiary/aromatic N) is 7. The van der Waals surface area contributed by atoms with E-state index < -0.39 is 10.0 Å². The fraction of sp³-hybridized carbons (Fsp3) is 0.615. The molecule has 3 fully saturated rings. The Labute approximate surface area is 227 Å². The second-order valence-electron chi connectivity index (χ2n) is 10.8. The van der Waals surface area contributed by atoms with Gasteiger partial charge in [0.2, 0.25) is 15.9 Å². The molecule has 0 radical (unpaired) electrons. The van der Waals surface area contributed by atoms with E-state index in [1.54, 1.807) is 29.1 Å². The molecule has 0 atom stereocenters. The fourth-order valence-corrected chi connectivity index (χ4v) is 6.36. The lowest BCUT2D eigenvalue weighted by Crippen LogP contribution is -2.40. The van der Waals surface area contributed by atoms with E-state index in [0.29, 0.717) is 66.4 Å². The van der Waals surface area contributed by atoms with Crippen molar-refractivity contribution in [2.45, 2.75) is 57.9 Å². The van der Waals surface area contributed by atoms with Crippen LogP contribution in [0, 0.1) is 11.8 Å². The first-order valence-corrected chi connectivity index (χ1v) is 15.4. The monoisotopic (exact) mass is 554 g/mol. The highest BCUT2D eigenvalue weighted by atomic mass is 32.2. The minimum Gasteiger partial charge on any atom is -0.480 e. The quantitative estimate of drug-likeness (QED) is 0.396. The van der Waals surface area contributed by atoms with Crippen LogP contribution in [0.5, 0.6) is 5.88 Å².